The number of amides is 2. The maximum absolute atomic E-state index is 14.0. The van der Waals surface area contributed by atoms with Gasteiger partial charge in [-0.15, -0.1) is 0 Å². The number of Topliss-reactive ketones (excluding diaryl/α,β-unsaturated/α-hetero) is 4. The van der Waals surface area contributed by atoms with Crippen LogP contribution in [0.25, 0.3) is 11.1 Å². The number of phenolic OH excluding ortho intramolecular Hbond substituents is 1. The van der Waals surface area contributed by atoms with Crippen molar-refractivity contribution < 1.29 is 56.9 Å². The number of rotatable bonds is 7. The Bertz CT molecular complexity index is 1720. The molecule has 0 saturated heterocycles. The lowest BCUT2D eigenvalue weighted by Gasteiger charge is -2.52. The molecule has 2 amide bonds. The Hall–Kier alpha value is -4.63. The minimum atomic E-state index is -5.11. The number of nitrogens with two attached hydrogens (primary N) is 1. The van der Waals surface area contributed by atoms with Crippen LogP contribution in [0.15, 0.2) is 30.3 Å². The number of ether oxygens (including phenoxy) is 1. The number of likely N-dealkylation sites (N-methyl/N-ethyl adjacent to an activating group) is 1. The molecule has 2 aromatic carbocycles. The number of halogens is 3. The summed E-state index contributed by atoms with van der Waals surface area (Å²) >= 11 is 0. The molecular formula is C32H32F3N3O9. The standard InChI is InChI=1S/C32H32F3N3O9/c1-4-47-20-8-5-13(9-15(20)12-37-30(45)32(33,34)35)16-6-7-19(39)22-17(16)10-14-11-18-24(38(2)3)26(41)23(29(36)44)28(43)31(18,46)27(42)21(14)25(22)40/h5-9,14,18,21,23-24,39,46H,4,10-12H2,1-3H3,(H2,36,44)(H,37,45). The molecule has 0 radical (unpaired) electrons. The third kappa shape index (κ3) is 5.36. The van der Waals surface area contributed by atoms with Crippen LogP contribution in [-0.4, -0.2) is 88.6 Å². The van der Waals surface area contributed by atoms with E-state index in [2.05, 4.69) is 0 Å². The van der Waals surface area contributed by atoms with Crippen molar-refractivity contribution in [2.24, 2.45) is 29.4 Å². The highest BCUT2D eigenvalue weighted by atomic mass is 19.4. The molecule has 5 N–H and O–H groups in total. The highest BCUT2D eigenvalue weighted by molar-refractivity contribution is 6.32. The lowest BCUT2D eigenvalue weighted by Crippen LogP contribution is -2.74. The molecule has 2 fully saturated rings. The lowest BCUT2D eigenvalue weighted by atomic mass is 9.52. The summed E-state index contributed by atoms with van der Waals surface area (Å²) < 4.78 is 44.1. The van der Waals surface area contributed by atoms with Crippen LogP contribution in [0.3, 0.4) is 0 Å². The summed E-state index contributed by atoms with van der Waals surface area (Å²) in [6.45, 7) is 1.30. The summed E-state index contributed by atoms with van der Waals surface area (Å²) in [6.07, 6.45) is -5.29. The Morgan fingerprint density at radius 3 is 2.38 bits per heavy atom. The minimum Gasteiger partial charge on any atom is -0.507 e. The molecule has 0 aromatic heterocycles. The number of nitrogens with one attached hydrogen (secondary N) is 1. The number of phenols is 1. The van der Waals surface area contributed by atoms with E-state index in [1.54, 1.807) is 13.0 Å². The number of hydrogen-bond acceptors (Lipinski definition) is 10. The number of carbonyl (C=O) groups excluding carboxylic acids is 6. The van der Waals surface area contributed by atoms with E-state index in [1.807, 2.05) is 5.32 Å². The molecule has 15 heteroatoms. The van der Waals surface area contributed by atoms with E-state index in [4.69, 9.17) is 10.5 Å². The van der Waals surface area contributed by atoms with Gasteiger partial charge in [0, 0.05) is 18.0 Å². The average molecular weight is 660 g/mol. The van der Waals surface area contributed by atoms with Crippen LogP contribution in [0.4, 0.5) is 13.2 Å². The van der Waals surface area contributed by atoms with Crippen LogP contribution in [-0.2, 0) is 36.9 Å². The van der Waals surface area contributed by atoms with Gasteiger partial charge in [-0.05, 0) is 74.7 Å². The van der Waals surface area contributed by atoms with E-state index < -0.39 is 88.7 Å². The maximum Gasteiger partial charge on any atom is 0.471 e. The van der Waals surface area contributed by atoms with Crippen molar-refractivity contribution in [2.45, 2.75) is 44.1 Å². The zero-order valence-corrected chi connectivity index (χ0v) is 25.5. The van der Waals surface area contributed by atoms with Crippen molar-refractivity contribution in [1.29, 1.82) is 0 Å². The molecule has 6 atom stereocenters. The van der Waals surface area contributed by atoms with Gasteiger partial charge in [-0.1, -0.05) is 12.1 Å². The Balaban J connectivity index is 1.59. The van der Waals surface area contributed by atoms with Crippen LogP contribution < -0.4 is 15.8 Å². The Morgan fingerprint density at radius 2 is 1.79 bits per heavy atom. The van der Waals surface area contributed by atoms with Gasteiger partial charge in [-0.25, -0.2) is 0 Å². The molecule has 250 valence electrons. The second-order valence-corrected chi connectivity index (χ2v) is 12.2. The number of fused-ring (bicyclic) bond motifs is 3. The van der Waals surface area contributed by atoms with E-state index in [1.165, 1.54) is 43.3 Å². The van der Waals surface area contributed by atoms with E-state index in [0.29, 0.717) is 16.7 Å². The summed E-state index contributed by atoms with van der Waals surface area (Å²) in [5.41, 5.74) is 3.51. The predicted octanol–water partition coefficient (Wildman–Crippen LogP) is 1.11. The van der Waals surface area contributed by atoms with Gasteiger partial charge in [-0.3, -0.25) is 33.7 Å². The molecule has 0 bridgehead atoms. The first-order valence-electron chi connectivity index (χ1n) is 14.8. The zero-order valence-electron chi connectivity index (χ0n) is 25.5. The molecule has 2 saturated carbocycles. The van der Waals surface area contributed by atoms with Gasteiger partial charge in [-0.2, -0.15) is 13.2 Å². The van der Waals surface area contributed by atoms with Gasteiger partial charge < -0.3 is 26.0 Å². The van der Waals surface area contributed by atoms with Gasteiger partial charge in [0.15, 0.2) is 34.7 Å². The Morgan fingerprint density at radius 1 is 1.11 bits per heavy atom. The predicted molar refractivity (Wildman–Crippen MR) is 156 cm³/mol. The first-order chi connectivity index (χ1) is 21.9. The first-order valence-corrected chi connectivity index (χ1v) is 14.8. The van der Waals surface area contributed by atoms with Crippen molar-refractivity contribution in [3.63, 3.8) is 0 Å². The fourth-order valence-corrected chi connectivity index (χ4v) is 7.33. The molecule has 5 rings (SSSR count). The molecule has 6 unspecified atom stereocenters. The highest BCUT2D eigenvalue weighted by Gasteiger charge is 2.69. The SMILES string of the molecule is CCOc1ccc(-c2ccc(O)c3c2CC2CC4C(N(C)C)C(=O)C(C(N)=O)C(=O)C4(O)C(=O)C2C3=O)cc1CNC(=O)C(F)(F)F. The van der Waals surface area contributed by atoms with Crippen LogP contribution in [0.2, 0.25) is 0 Å². The topological polar surface area (TPSA) is 193 Å². The molecule has 3 aliphatic carbocycles. The van der Waals surface area contributed by atoms with Gasteiger partial charge in [0.05, 0.1) is 24.1 Å². The minimum absolute atomic E-state index is 0.0249. The number of aromatic hydroxyl groups is 1. The third-order valence-corrected chi connectivity index (χ3v) is 9.31. The molecule has 12 nitrogen and oxygen atoms in total. The van der Waals surface area contributed by atoms with Gasteiger partial charge >= 0.3 is 12.1 Å². The number of primary amides is 1. The number of nitrogens with zero attached hydrogens (tertiary/aromatic N) is 1. The number of benzene rings is 2. The monoisotopic (exact) mass is 659 g/mol. The highest BCUT2D eigenvalue weighted by Crippen LogP contribution is 2.52. The van der Waals surface area contributed by atoms with Gasteiger partial charge in [0.2, 0.25) is 5.91 Å². The van der Waals surface area contributed by atoms with E-state index in [0.717, 1.165) is 0 Å². The average Bonchev–Trinajstić information content (AvgIpc) is 2.97. The zero-order chi connectivity index (χ0) is 34.7. The van der Waals surface area contributed by atoms with E-state index in [-0.39, 0.29) is 36.3 Å². The molecular weight excluding hydrogens is 627 g/mol. The van der Waals surface area contributed by atoms with Crippen molar-refractivity contribution in [3.05, 3.63) is 47.0 Å². The summed E-state index contributed by atoms with van der Waals surface area (Å²) in [5, 5.41) is 24.4. The number of alkyl halides is 3. The molecule has 47 heavy (non-hydrogen) atoms. The van der Waals surface area contributed by atoms with E-state index >= 15 is 0 Å². The van der Waals surface area contributed by atoms with Gasteiger partial charge in [0.1, 0.15) is 11.5 Å². The normalized spacial score (nSPS) is 27.2. The van der Waals surface area contributed by atoms with Crippen molar-refractivity contribution in [2.75, 3.05) is 20.7 Å². The summed E-state index contributed by atoms with van der Waals surface area (Å²) in [7, 11) is 2.96. The van der Waals surface area contributed by atoms with Crippen LogP contribution in [0, 0.1) is 23.7 Å². The summed E-state index contributed by atoms with van der Waals surface area (Å²) in [6, 6.07) is 5.97. The van der Waals surface area contributed by atoms with Crippen LogP contribution >= 0.6 is 0 Å². The van der Waals surface area contributed by atoms with Crippen molar-refractivity contribution in [1.82, 2.24) is 10.2 Å². The smallest absolute Gasteiger partial charge is 0.471 e. The van der Waals surface area contributed by atoms with Gasteiger partial charge in [0.25, 0.3) is 0 Å². The van der Waals surface area contributed by atoms with E-state index in [9.17, 15) is 52.2 Å². The third-order valence-electron chi connectivity index (χ3n) is 9.31. The fraction of sp³-hybridized carbons (Fsp3) is 0.438. The molecule has 0 spiro atoms. The van der Waals surface area contributed by atoms with Crippen molar-refractivity contribution >= 4 is 34.9 Å². The Kier molecular flexibility index (Phi) is 8.52. The lowest BCUT2D eigenvalue weighted by molar-refractivity contribution is -0.181. The number of carbonyl (C=O) groups is 6. The molecule has 2 aromatic rings. The summed E-state index contributed by atoms with van der Waals surface area (Å²) in [4.78, 5) is 79.8. The van der Waals surface area contributed by atoms with Crippen LogP contribution in [0.5, 0.6) is 11.5 Å². The molecule has 0 aliphatic heterocycles. The quantitative estimate of drug-likeness (QED) is 0.313. The largest absolute Gasteiger partial charge is 0.507 e. The summed E-state index contributed by atoms with van der Waals surface area (Å²) in [5.74, 6) is -13.9. The fourth-order valence-electron chi connectivity index (χ4n) is 7.33. The second-order valence-electron chi connectivity index (χ2n) is 12.2. The molecule has 3 aliphatic rings. The second kappa shape index (κ2) is 11.9. The molecule has 0 heterocycles. The first kappa shape index (κ1) is 33.7. The van der Waals surface area contributed by atoms with Crippen LogP contribution in [0.1, 0.15) is 34.8 Å². The number of aliphatic hydroxyl groups is 1. The Labute approximate surface area is 266 Å². The maximum atomic E-state index is 14.0. The number of ketones is 4. The van der Waals surface area contributed by atoms with Crippen molar-refractivity contribution in [3.8, 4) is 22.6 Å². The number of hydrogen-bond donors (Lipinski definition) is 4.